The molecule has 4 aromatic heterocycles. The first-order chi connectivity index (χ1) is 15.3. The van der Waals surface area contributed by atoms with Gasteiger partial charge in [0.25, 0.3) is 5.91 Å². The summed E-state index contributed by atoms with van der Waals surface area (Å²) in [7, 11) is 1.37. The molecule has 4 aromatic rings. The Bertz CT molecular complexity index is 1260. The number of methoxy groups -OCH3 is 1. The number of hydrogen-bond acceptors (Lipinski definition) is 7. The second-order valence-corrected chi connectivity index (χ2v) is 6.58. The van der Waals surface area contributed by atoms with Crippen LogP contribution in [-0.4, -0.2) is 47.8 Å². The van der Waals surface area contributed by atoms with Crippen molar-refractivity contribution in [2.45, 2.75) is 6.18 Å². The third kappa shape index (κ3) is 4.09. The van der Waals surface area contributed by atoms with Gasteiger partial charge in [0.05, 0.1) is 60.1 Å². The molecule has 14 heteroatoms. The highest BCUT2D eigenvalue weighted by molar-refractivity contribution is 6.32. The number of nitrogens with zero attached hydrogens (tertiary/aromatic N) is 7. The van der Waals surface area contributed by atoms with Crippen LogP contribution in [0.4, 0.5) is 18.9 Å². The van der Waals surface area contributed by atoms with Crippen LogP contribution in [0.2, 0.25) is 5.02 Å². The molecule has 164 valence electrons. The fourth-order valence-electron chi connectivity index (χ4n) is 2.77. The first-order valence-corrected chi connectivity index (χ1v) is 9.15. The highest BCUT2D eigenvalue weighted by Crippen LogP contribution is 2.34. The second kappa shape index (κ2) is 8.26. The van der Waals surface area contributed by atoms with E-state index in [1.54, 1.807) is 0 Å². The van der Waals surface area contributed by atoms with Crippen molar-refractivity contribution in [2.24, 2.45) is 0 Å². The summed E-state index contributed by atoms with van der Waals surface area (Å²) in [6, 6.07) is 4.03. The van der Waals surface area contributed by atoms with Crippen molar-refractivity contribution in [3.8, 4) is 17.4 Å². The zero-order valence-corrected chi connectivity index (χ0v) is 16.8. The predicted octanol–water partition coefficient (Wildman–Crippen LogP) is 3.18. The summed E-state index contributed by atoms with van der Waals surface area (Å²) in [4.78, 5) is 21.7. The lowest BCUT2D eigenvalue weighted by atomic mass is 10.2. The normalized spacial score (nSPS) is 11.4. The molecule has 1 amide bonds. The molecule has 0 aromatic carbocycles. The maximum Gasteiger partial charge on any atom is 0.434 e. The summed E-state index contributed by atoms with van der Waals surface area (Å²) in [5, 5.41) is 13.9. The fraction of sp³-hybridized carbons (Fsp3) is 0.111. The van der Waals surface area contributed by atoms with Crippen LogP contribution in [0.25, 0.3) is 11.5 Å². The molecule has 0 saturated carbocycles. The van der Waals surface area contributed by atoms with Gasteiger partial charge in [-0.2, -0.15) is 28.5 Å². The maximum absolute atomic E-state index is 13.8. The zero-order chi connectivity index (χ0) is 22.9. The van der Waals surface area contributed by atoms with Crippen LogP contribution in [0.3, 0.4) is 0 Å². The lowest BCUT2D eigenvalue weighted by Gasteiger charge is -2.13. The average Bonchev–Trinajstić information content (AvgIpc) is 3.44. The van der Waals surface area contributed by atoms with Gasteiger partial charge in [0, 0.05) is 6.07 Å². The van der Waals surface area contributed by atoms with E-state index in [-0.39, 0.29) is 28.1 Å². The van der Waals surface area contributed by atoms with Gasteiger partial charge in [-0.3, -0.25) is 4.79 Å². The van der Waals surface area contributed by atoms with E-state index >= 15 is 0 Å². The molecule has 0 fully saturated rings. The van der Waals surface area contributed by atoms with Crippen LogP contribution < -0.4 is 10.1 Å². The lowest BCUT2D eigenvalue weighted by molar-refractivity contribution is -0.143. The molecule has 4 rings (SSSR count). The number of rotatable bonds is 5. The van der Waals surface area contributed by atoms with Crippen LogP contribution in [-0.2, 0) is 6.18 Å². The standard InChI is InChI=1S/C18H12ClF3N8O2/c1-32-14-3-2-11(8-23-14)29-15(18(20,21)22)12(9-27-29)17(31)28-10-6-13(19)16(24-7-10)30-25-4-5-26-30/h2-9H,1H3,(H,28,31). The number of pyridine rings is 2. The van der Waals surface area contributed by atoms with Gasteiger partial charge in [0.15, 0.2) is 11.5 Å². The van der Waals surface area contributed by atoms with Crippen LogP contribution in [0.15, 0.2) is 49.2 Å². The van der Waals surface area contributed by atoms with Crippen LogP contribution in [0.5, 0.6) is 5.88 Å². The van der Waals surface area contributed by atoms with E-state index in [1.807, 2.05) is 0 Å². The van der Waals surface area contributed by atoms with Gasteiger partial charge in [-0.05, 0) is 12.1 Å². The molecule has 4 heterocycles. The van der Waals surface area contributed by atoms with Crippen LogP contribution >= 0.6 is 11.6 Å². The molecular weight excluding hydrogens is 453 g/mol. The summed E-state index contributed by atoms with van der Waals surface area (Å²) in [5.41, 5.74) is -1.89. The minimum absolute atomic E-state index is 0.00189. The molecular formula is C18H12ClF3N8O2. The highest BCUT2D eigenvalue weighted by atomic mass is 35.5. The molecule has 0 unspecified atom stereocenters. The molecule has 10 nitrogen and oxygen atoms in total. The Labute approximate surface area is 182 Å². The minimum atomic E-state index is -4.88. The number of nitrogens with one attached hydrogen (secondary N) is 1. The summed E-state index contributed by atoms with van der Waals surface area (Å²) < 4.78 is 46.9. The van der Waals surface area contributed by atoms with Gasteiger partial charge in [-0.25, -0.2) is 14.6 Å². The van der Waals surface area contributed by atoms with Gasteiger partial charge in [0.2, 0.25) is 5.88 Å². The van der Waals surface area contributed by atoms with Gasteiger partial charge in [-0.15, -0.1) is 4.80 Å². The topological polar surface area (TPSA) is 113 Å². The van der Waals surface area contributed by atoms with Gasteiger partial charge >= 0.3 is 6.18 Å². The van der Waals surface area contributed by atoms with Crippen molar-refractivity contribution in [1.29, 1.82) is 0 Å². The van der Waals surface area contributed by atoms with E-state index in [1.165, 1.54) is 43.9 Å². The second-order valence-electron chi connectivity index (χ2n) is 6.18. The summed E-state index contributed by atoms with van der Waals surface area (Å²) in [5.74, 6) is -0.649. The Kier molecular flexibility index (Phi) is 5.48. The van der Waals surface area contributed by atoms with Crippen LogP contribution in [0.1, 0.15) is 16.1 Å². The summed E-state index contributed by atoms with van der Waals surface area (Å²) in [6.07, 6.45) is 1.14. The SMILES string of the molecule is COc1ccc(-n2ncc(C(=O)Nc3cnc(-n4nccn4)c(Cl)c3)c2C(F)(F)F)cn1. The molecule has 0 aliphatic heterocycles. The molecule has 0 spiro atoms. The minimum Gasteiger partial charge on any atom is -0.481 e. The molecule has 0 aliphatic carbocycles. The molecule has 0 saturated heterocycles. The molecule has 0 aliphatic rings. The number of alkyl halides is 3. The third-order valence-corrected chi connectivity index (χ3v) is 4.42. The predicted molar refractivity (Wildman–Crippen MR) is 105 cm³/mol. The first kappa shape index (κ1) is 21.2. The number of hydrogen-bond donors (Lipinski definition) is 1. The number of halogens is 4. The van der Waals surface area contributed by atoms with Gasteiger partial charge in [-0.1, -0.05) is 11.6 Å². The monoisotopic (exact) mass is 464 g/mol. The van der Waals surface area contributed by atoms with Crippen molar-refractivity contribution < 1.29 is 22.7 Å². The van der Waals surface area contributed by atoms with E-state index in [9.17, 15) is 18.0 Å². The van der Waals surface area contributed by atoms with Crippen LogP contribution in [0, 0.1) is 0 Å². The van der Waals surface area contributed by atoms with E-state index < -0.39 is 23.3 Å². The maximum atomic E-state index is 13.8. The zero-order valence-electron chi connectivity index (χ0n) is 16.1. The molecule has 0 radical (unpaired) electrons. The first-order valence-electron chi connectivity index (χ1n) is 8.77. The van der Waals surface area contributed by atoms with E-state index in [0.29, 0.717) is 4.68 Å². The third-order valence-electron chi connectivity index (χ3n) is 4.14. The van der Waals surface area contributed by atoms with Gasteiger partial charge < -0.3 is 10.1 Å². The Hall–Kier alpha value is -4.00. The number of ether oxygens (including phenoxy) is 1. The quantitative estimate of drug-likeness (QED) is 0.482. The molecule has 0 atom stereocenters. The number of carbonyl (C=O) groups excluding carboxylic acids is 1. The number of amides is 1. The van der Waals surface area contributed by atoms with Crippen molar-refractivity contribution in [3.05, 3.63) is 65.5 Å². The lowest BCUT2D eigenvalue weighted by Crippen LogP contribution is -2.21. The molecule has 1 N–H and O–H groups in total. The smallest absolute Gasteiger partial charge is 0.434 e. The Balaban J connectivity index is 1.65. The van der Waals surface area contributed by atoms with E-state index in [0.717, 1.165) is 17.2 Å². The van der Waals surface area contributed by atoms with Crippen molar-refractivity contribution in [1.82, 2.24) is 34.7 Å². The Morgan fingerprint density at radius 3 is 2.44 bits per heavy atom. The molecule has 0 bridgehead atoms. The Morgan fingerprint density at radius 1 is 1.09 bits per heavy atom. The fourth-order valence-corrected chi connectivity index (χ4v) is 3.01. The van der Waals surface area contributed by atoms with E-state index in [4.69, 9.17) is 16.3 Å². The van der Waals surface area contributed by atoms with Crippen molar-refractivity contribution >= 4 is 23.2 Å². The molecule has 32 heavy (non-hydrogen) atoms. The van der Waals surface area contributed by atoms with Crippen molar-refractivity contribution in [3.63, 3.8) is 0 Å². The highest BCUT2D eigenvalue weighted by Gasteiger charge is 2.40. The largest absolute Gasteiger partial charge is 0.481 e. The van der Waals surface area contributed by atoms with E-state index in [2.05, 4.69) is 30.6 Å². The van der Waals surface area contributed by atoms with Gasteiger partial charge in [0.1, 0.15) is 0 Å². The Morgan fingerprint density at radius 2 is 1.84 bits per heavy atom. The van der Waals surface area contributed by atoms with Crippen molar-refractivity contribution in [2.75, 3.05) is 12.4 Å². The number of aromatic nitrogens is 7. The number of anilines is 1. The number of carbonyl (C=O) groups is 1. The summed E-state index contributed by atoms with van der Waals surface area (Å²) >= 11 is 6.13. The summed E-state index contributed by atoms with van der Waals surface area (Å²) in [6.45, 7) is 0. The average molecular weight is 465 g/mol.